The van der Waals surface area contributed by atoms with Crippen molar-refractivity contribution in [1.82, 2.24) is 9.80 Å². The Kier molecular flexibility index (Phi) is 7.58. The van der Waals surface area contributed by atoms with Crippen LogP contribution in [0.25, 0.3) is 0 Å². The predicted octanol–water partition coefficient (Wildman–Crippen LogP) is -1.33. The molecule has 8 atom stereocenters. The first-order valence-electron chi connectivity index (χ1n) is 12.3. The Bertz CT molecular complexity index is 1200. The summed E-state index contributed by atoms with van der Waals surface area (Å²) in [7, 11) is 6.78. The molecule has 5 N–H and O–H groups in total. The number of likely N-dealkylation sites (N-methyl/N-ethyl adjacent to an activating group) is 1. The number of hydrogen-bond acceptors (Lipinski definition) is 11. The Morgan fingerprint density at radius 2 is 1.76 bits per heavy atom. The Hall–Kier alpha value is -2.64. The van der Waals surface area contributed by atoms with E-state index >= 15 is 0 Å². The topological polar surface area (TPSA) is 179 Å². The molecular formula is C26H33N3O8S. The van der Waals surface area contributed by atoms with Crippen molar-refractivity contribution < 1.29 is 39.3 Å². The van der Waals surface area contributed by atoms with Crippen LogP contribution in [0.1, 0.15) is 21.8 Å². The number of Topliss-reactive ketones (excluding diaryl/α,β-unsaturated/α-hetero) is 4. The molecule has 206 valence electrons. The molecule has 2 saturated carbocycles. The number of rotatable bonds is 7. The molecule has 0 aromatic heterocycles. The molecule has 0 spiro atoms. The van der Waals surface area contributed by atoms with E-state index < -0.39 is 76.4 Å². The minimum absolute atomic E-state index is 0.0931. The Morgan fingerprint density at radius 1 is 1.11 bits per heavy atom. The van der Waals surface area contributed by atoms with Gasteiger partial charge < -0.3 is 26.0 Å². The van der Waals surface area contributed by atoms with Gasteiger partial charge in [-0.15, -0.1) is 0 Å². The van der Waals surface area contributed by atoms with E-state index in [0.717, 1.165) is 6.54 Å². The van der Waals surface area contributed by atoms with Crippen molar-refractivity contribution in [1.29, 1.82) is 0 Å². The minimum atomic E-state index is -3.00. The highest BCUT2D eigenvalue weighted by atomic mass is 32.2. The molecule has 4 rings (SSSR count). The monoisotopic (exact) mass is 547 g/mol. The fourth-order valence-corrected chi connectivity index (χ4v) is 7.74. The SMILES string of the molecule is CN(C)CCSC[C@@H]1c2cccc(O)c2C(=O)C2C(=O)[C@@]3(O)C(=O)C(C(N)=O)C(=O)[C@H](N(C)C)[C@H]3[C@H](O)[C@H]21. The van der Waals surface area contributed by atoms with Gasteiger partial charge in [0.1, 0.15) is 5.75 Å². The number of nitrogens with two attached hydrogens (primary N) is 1. The van der Waals surface area contributed by atoms with Gasteiger partial charge in [0.2, 0.25) is 5.91 Å². The number of carbonyl (C=O) groups excluding carboxylic acids is 5. The molecule has 38 heavy (non-hydrogen) atoms. The van der Waals surface area contributed by atoms with E-state index in [-0.39, 0.29) is 11.3 Å². The van der Waals surface area contributed by atoms with Crippen molar-refractivity contribution in [3.63, 3.8) is 0 Å². The molecule has 0 aliphatic heterocycles. The number of hydrogen-bond donors (Lipinski definition) is 4. The number of primary amides is 1. The lowest BCUT2D eigenvalue weighted by Crippen LogP contribution is -2.77. The highest BCUT2D eigenvalue weighted by Crippen LogP contribution is 2.55. The number of aliphatic hydroxyl groups excluding tert-OH is 1. The van der Waals surface area contributed by atoms with Gasteiger partial charge in [-0.25, -0.2) is 0 Å². The van der Waals surface area contributed by atoms with Crippen LogP contribution >= 0.6 is 11.8 Å². The molecule has 1 aromatic carbocycles. The lowest BCUT2D eigenvalue weighted by molar-refractivity contribution is -0.196. The molecule has 0 saturated heterocycles. The van der Waals surface area contributed by atoms with Gasteiger partial charge in [-0.05, 0) is 39.8 Å². The predicted molar refractivity (Wildman–Crippen MR) is 138 cm³/mol. The van der Waals surface area contributed by atoms with Crippen LogP contribution in [0.3, 0.4) is 0 Å². The second-order valence-electron chi connectivity index (χ2n) is 10.8. The van der Waals surface area contributed by atoms with Crippen molar-refractivity contribution in [3.05, 3.63) is 29.3 Å². The van der Waals surface area contributed by atoms with Crippen LogP contribution in [0, 0.1) is 23.7 Å². The number of ketones is 4. The first-order chi connectivity index (χ1) is 17.8. The van der Waals surface area contributed by atoms with E-state index in [9.17, 15) is 39.3 Å². The van der Waals surface area contributed by atoms with Gasteiger partial charge in [0.15, 0.2) is 34.7 Å². The summed E-state index contributed by atoms with van der Waals surface area (Å²) in [6, 6.07) is 3.14. The van der Waals surface area contributed by atoms with Crippen LogP contribution in [0.5, 0.6) is 5.75 Å². The number of aromatic hydroxyl groups is 1. The van der Waals surface area contributed by atoms with Gasteiger partial charge in [0, 0.05) is 29.9 Å². The van der Waals surface area contributed by atoms with E-state index in [1.807, 2.05) is 19.0 Å². The standard InChI is InChI=1S/C26H33N3O8S/c1-28(2)8-9-38-10-12-11-6-5-7-13(30)14(11)20(31)16-15(12)21(32)18-19(29(3)4)22(33)17(25(27)36)24(35)26(18,37)23(16)34/h5-7,12,15-19,21,30,32,37H,8-10H2,1-4H3,(H2,27,36)/t12-,15+,16?,17?,18+,19-,21-,26-/m1/s1. The van der Waals surface area contributed by atoms with Gasteiger partial charge in [-0.3, -0.25) is 28.9 Å². The number of benzene rings is 1. The second-order valence-corrected chi connectivity index (χ2v) is 12.0. The molecule has 1 aromatic rings. The number of phenols is 1. The molecule has 0 radical (unpaired) electrons. The van der Waals surface area contributed by atoms with Gasteiger partial charge >= 0.3 is 0 Å². The second kappa shape index (κ2) is 10.2. The third-order valence-electron chi connectivity index (χ3n) is 8.13. The summed E-state index contributed by atoms with van der Waals surface area (Å²) >= 11 is 1.53. The van der Waals surface area contributed by atoms with E-state index in [2.05, 4.69) is 0 Å². The summed E-state index contributed by atoms with van der Waals surface area (Å²) in [6.45, 7) is 0.751. The highest BCUT2D eigenvalue weighted by Gasteiger charge is 2.73. The van der Waals surface area contributed by atoms with E-state index in [1.165, 1.54) is 36.8 Å². The average Bonchev–Trinajstić information content (AvgIpc) is 2.82. The smallest absolute Gasteiger partial charge is 0.235 e. The van der Waals surface area contributed by atoms with Crippen LogP contribution < -0.4 is 5.73 Å². The number of aliphatic hydroxyl groups is 2. The van der Waals surface area contributed by atoms with Crippen molar-refractivity contribution in [3.8, 4) is 5.75 Å². The number of phenolic OH excluding ortho intramolecular Hbond substituents is 1. The maximum atomic E-state index is 14.0. The quantitative estimate of drug-likeness (QED) is 0.235. The van der Waals surface area contributed by atoms with Crippen LogP contribution in [-0.4, -0.2) is 118 Å². The van der Waals surface area contributed by atoms with Crippen molar-refractivity contribution in [2.24, 2.45) is 29.4 Å². The third kappa shape index (κ3) is 4.10. The summed E-state index contributed by atoms with van der Waals surface area (Å²) in [5.41, 5.74) is 2.70. The van der Waals surface area contributed by atoms with Crippen LogP contribution in [0.4, 0.5) is 0 Å². The van der Waals surface area contributed by atoms with Gasteiger partial charge in [-0.1, -0.05) is 12.1 Å². The van der Waals surface area contributed by atoms with Crippen LogP contribution in [0.2, 0.25) is 0 Å². The van der Waals surface area contributed by atoms with Crippen molar-refractivity contribution >= 4 is 40.8 Å². The zero-order chi connectivity index (χ0) is 28.3. The van der Waals surface area contributed by atoms with Gasteiger partial charge in [0.05, 0.1) is 29.5 Å². The lowest BCUT2D eigenvalue weighted by atomic mass is 9.49. The average molecular weight is 548 g/mol. The summed E-state index contributed by atoms with van der Waals surface area (Å²) in [5.74, 6) is -12.0. The molecule has 0 heterocycles. The van der Waals surface area contributed by atoms with Crippen LogP contribution in [0.15, 0.2) is 18.2 Å². The maximum absolute atomic E-state index is 14.0. The summed E-state index contributed by atoms with van der Waals surface area (Å²) < 4.78 is 0. The molecule has 2 unspecified atom stereocenters. The Morgan fingerprint density at radius 3 is 2.34 bits per heavy atom. The fourth-order valence-electron chi connectivity index (χ4n) is 6.42. The normalized spacial score (nSPS) is 34.8. The first-order valence-corrected chi connectivity index (χ1v) is 13.5. The molecule has 3 aliphatic carbocycles. The fraction of sp³-hybridized carbons (Fsp3) is 0.577. The minimum Gasteiger partial charge on any atom is -0.507 e. The first kappa shape index (κ1) is 28.4. The number of amides is 1. The zero-order valence-corrected chi connectivity index (χ0v) is 22.5. The van der Waals surface area contributed by atoms with Crippen molar-refractivity contribution in [2.75, 3.05) is 46.2 Å². The van der Waals surface area contributed by atoms with Crippen molar-refractivity contribution in [2.45, 2.75) is 23.7 Å². The van der Waals surface area contributed by atoms with Crippen LogP contribution in [-0.2, 0) is 19.2 Å². The summed E-state index contributed by atoms with van der Waals surface area (Å²) in [5, 5.41) is 34.1. The van der Waals surface area contributed by atoms with E-state index in [1.54, 1.807) is 12.1 Å². The number of fused-ring (bicyclic) bond motifs is 3. The lowest BCUT2D eigenvalue weighted by Gasteiger charge is -2.56. The zero-order valence-electron chi connectivity index (χ0n) is 21.7. The third-order valence-corrected chi connectivity index (χ3v) is 9.20. The Labute approximate surface area is 224 Å². The van der Waals surface area contributed by atoms with E-state index in [0.29, 0.717) is 17.1 Å². The Balaban J connectivity index is 1.89. The summed E-state index contributed by atoms with van der Waals surface area (Å²) in [6.07, 6.45) is -1.64. The van der Waals surface area contributed by atoms with Gasteiger partial charge in [-0.2, -0.15) is 11.8 Å². The number of thioether (sulfide) groups is 1. The molecular weight excluding hydrogens is 514 g/mol. The maximum Gasteiger partial charge on any atom is 0.235 e. The molecule has 11 nitrogen and oxygen atoms in total. The molecule has 3 aliphatic rings. The summed E-state index contributed by atoms with van der Waals surface area (Å²) in [4.78, 5) is 69.9. The molecule has 2 fully saturated rings. The largest absolute Gasteiger partial charge is 0.507 e. The number of nitrogens with zero attached hydrogens (tertiary/aromatic N) is 2. The highest BCUT2D eigenvalue weighted by molar-refractivity contribution is 7.99. The van der Waals surface area contributed by atoms with Gasteiger partial charge in [0.25, 0.3) is 0 Å². The number of carbonyl (C=O) groups is 5. The molecule has 1 amide bonds. The van der Waals surface area contributed by atoms with E-state index in [4.69, 9.17) is 5.73 Å². The molecule has 12 heteroatoms. The molecule has 0 bridgehead atoms.